The average molecular weight is 214 g/mol. The van der Waals surface area contributed by atoms with Gasteiger partial charge in [0.1, 0.15) is 5.75 Å². The highest BCUT2D eigenvalue weighted by Crippen LogP contribution is 2.35. The van der Waals surface area contributed by atoms with Crippen molar-refractivity contribution in [1.82, 2.24) is 0 Å². The van der Waals surface area contributed by atoms with Gasteiger partial charge in [-0.25, -0.2) is 0 Å². The first-order chi connectivity index (χ1) is 6.24. The van der Waals surface area contributed by atoms with E-state index in [0.29, 0.717) is 17.7 Å². The number of fused-ring (bicyclic) bond motifs is 1. The third-order valence-electron chi connectivity index (χ3n) is 2.36. The number of rotatable bonds is 1. The van der Waals surface area contributed by atoms with E-state index in [1.54, 1.807) is 13.2 Å². The largest absolute Gasteiger partial charge is 0.496 e. The fourth-order valence-corrected chi connectivity index (χ4v) is 1.74. The van der Waals surface area contributed by atoms with Gasteiger partial charge in [-0.15, -0.1) is 12.4 Å². The summed E-state index contributed by atoms with van der Waals surface area (Å²) in [6.45, 7) is 0. The van der Waals surface area contributed by atoms with Crippen LogP contribution in [-0.2, 0) is 0 Å². The summed E-state index contributed by atoms with van der Waals surface area (Å²) in [5.41, 5.74) is 7.36. The number of halogens is 1. The number of carbonyl (C=O) groups is 1. The minimum atomic E-state index is -0.155. The van der Waals surface area contributed by atoms with Gasteiger partial charge in [-0.1, -0.05) is 12.1 Å². The number of Topliss-reactive ketones (excluding diaryl/α,β-unsaturated/α-hetero) is 1. The highest BCUT2D eigenvalue weighted by molar-refractivity contribution is 6.03. The number of ether oxygens (including phenoxy) is 1. The Bertz CT molecular complexity index is 365. The summed E-state index contributed by atoms with van der Waals surface area (Å²) < 4.78 is 5.10. The van der Waals surface area contributed by atoms with Crippen molar-refractivity contribution >= 4 is 18.2 Å². The van der Waals surface area contributed by atoms with Gasteiger partial charge < -0.3 is 10.5 Å². The van der Waals surface area contributed by atoms with Crippen LogP contribution >= 0.6 is 12.4 Å². The number of ketones is 1. The Labute approximate surface area is 88.7 Å². The maximum absolute atomic E-state index is 11.5. The summed E-state index contributed by atoms with van der Waals surface area (Å²) in [7, 11) is 1.56. The molecule has 0 fully saturated rings. The number of benzene rings is 1. The summed E-state index contributed by atoms with van der Waals surface area (Å²) in [6.07, 6.45) is 0.399. The van der Waals surface area contributed by atoms with Crippen LogP contribution in [0.1, 0.15) is 28.4 Å². The zero-order valence-electron chi connectivity index (χ0n) is 7.82. The fourth-order valence-electron chi connectivity index (χ4n) is 1.74. The van der Waals surface area contributed by atoms with Crippen molar-refractivity contribution in [3.63, 3.8) is 0 Å². The maximum atomic E-state index is 11.5. The van der Waals surface area contributed by atoms with E-state index >= 15 is 0 Å². The van der Waals surface area contributed by atoms with Gasteiger partial charge in [0.15, 0.2) is 5.78 Å². The minimum absolute atomic E-state index is 0. The lowest BCUT2D eigenvalue weighted by atomic mass is 10.1. The van der Waals surface area contributed by atoms with E-state index in [9.17, 15) is 4.79 Å². The highest BCUT2D eigenvalue weighted by atomic mass is 35.5. The Hall–Kier alpha value is -1.06. The van der Waals surface area contributed by atoms with Gasteiger partial charge in [0.25, 0.3) is 0 Å². The minimum Gasteiger partial charge on any atom is -0.496 e. The first kappa shape index (κ1) is 11.0. The second-order valence-corrected chi connectivity index (χ2v) is 3.16. The van der Waals surface area contributed by atoms with Gasteiger partial charge in [-0.3, -0.25) is 4.79 Å². The zero-order chi connectivity index (χ0) is 9.42. The number of hydrogen-bond donors (Lipinski definition) is 1. The van der Waals surface area contributed by atoms with Crippen molar-refractivity contribution in [1.29, 1.82) is 0 Å². The van der Waals surface area contributed by atoms with Crippen LogP contribution in [0.3, 0.4) is 0 Å². The summed E-state index contributed by atoms with van der Waals surface area (Å²) in [5.74, 6) is 0.718. The molecule has 0 spiro atoms. The molecule has 4 heteroatoms. The van der Waals surface area contributed by atoms with Gasteiger partial charge in [0.05, 0.1) is 12.7 Å². The molecule has 0 radical (unpaired) electrons. The molecule has 76 valence electrons. The van der Waals surface area contributed by atoms with E-state index in [1.807, 2.05) is 12.1 Å². The van der Waals surface area contributed by atoms with Crippen molar-refractivity contribution in [3.05, 3.63) is 29.3 Å². The summed E-state index contributed by atoms with van der Waals surface area (Å²) >= 11 is 0. The topological polar surface area (TPSA) is 52.3 Å². The van der Waals surface area contributed by atoms with Gasteiger partial charge >= 0.3 is 0 Å². The number of nitrogens with two attached hydrogens (primary N) is 1. The average Bonchev–Trinajstić information content (AvgIpc) is 2.43. The summed E-state index contributed by atoms with van der Waals surface area (Å²) in [6, 6.07) is 5.37. The molecular weight excluding hydrogens is 202 g/mol. The highest BCUT2D eigenvalue weighted by Gasteiger charge is 2.29. The van der Waals surface area contributed by atoms with Crippen LogP contribution in [0.5, 0.6) is 5.75 Å². The molecule has 2 N–H and O–H groups in total. The molecule has 3 nitrogen and oxygen atoms in total. The van der Waals surface area contributed by atoms with Gasteiger partial charge in [-0.05, 0) is 11.6 Å². The molecule has 0 aliphatic heterocycles. The lowest BCUT2D eigenvalue weighted by molar-refractivity contribution is 0.0987. The van der Waals surface area contributed by atoms with Crippen LogP contribution in [0.15, 0.2) is 18.2 Å². The molecule has 1 atom stereocenters. The Morgan fingerprint density at radius 2 is 2.21 bits per heavy atom. The van der Waals surface area contributed by atoms with Crippen LogP contribution in [0.25, 0.3) is 0 Å². The summed E-state index contributed by atoms with van der Waals surface area (Å²) in [5, 5.41) is 0. The monoisotopic (exact) mass is 213 g/mol. The molecule has 1 aromatic carbocycles. The first-order valence-electron chi connectivity index (χ1n) is 4.19. The molecule has 0 heterocycles. The van der Waals surface area contributed by atoms with Crippen molar-refractivity contribution in [2.75, 3.05) is 7.11 Å². The molecule has 1 aliphatic rings. The first-order valence-corrected chi connectivity index (χ1v) is 4.19. The van der Waals surface area contributed by atoms with Gasteiger partial charge in [0.2, 0.25) is 0 Å². The second kappa shape index (κ2) is 3.98. The fraction of sp³-hybridized carbons (Fsp3) is 0.300. The third-order valence-corrected chi connectivity index (χ3v) is 2.36. The molecule has 0 bridgehead atoms. The third kappa shape index (κ3) is 1.49. The summed E-state index contributed by atoms with van der Waals surface area (Å²) in [4.78, 5) is 11.5. The van der Waals surface area contributed by atoms with Crippen LogP contribution in [-0.4, -0.2) is 12.9 Å². The SMILES string of the molecule is COc1cccc2c1C(=O)C[C@@H]2N.Cl. The van der Waals surface area contributed by atoms with E-state index in [1.165, 1.54) is 0 Å². The molecular formula is C10H12ClNO2. The molecule has 0 unspecified atom stereocenters. The smallest absolute Gasteiger partial charge is 0.168 e. The van der Waals surface area contributed by atoms with E-state index in [2.05, 4.69) is 0 Å². The molecule has 14 heavy (non-hydrogen) atoms. The molecule has 0 amide bonds. The predicted molar refractivity (Wildman–Crippen MR) is 56.1 cm³/mol. The van der Waals surface area contributed by atoms with Crippen LogP contribution in [0.4, 0.5) is 0 Å². The number of methoxy groups -OCH3 is 1. The van der Waals surface area contributed by atoms with E-state index < -0.39 is 0 Å². The van der Waals surface area contributed by atoms with Crippen LogP contribution < -0.4 is 10.5 Å². The van der Waals surface area contributed by atoms with Gasteiger partial charge in [0, 0.05) is 12.5 Å². The molecule has 0 saturated carbocycles. The second-order valence-electron chi connectivity index (χ2n) is 3.16. The predicted octanol–water partition coefficient (Wildman–Crippen LogP) is 1.70. The lowest BCUT2D eigenvalue weighted by Gasteiger charge is -2.06. The van der Waals surface area contributed by atoms with Crippen molar-refractivity contribution in [2.45, 2.75) is 12.5 Å². The lowest BCUT2D eigenvalue weighted by Crippen LogP contribution is -2.05. The molecule has 1 aliphatic carbocycles. The Morgan fingerprint density at radius 1 is 1.50 bits per heavy atom. The van der Waals surface area contributed by atoms with Crippen molar-refractivity contribution in [3.8, 4) is 5.75 Å². The van der Waals surface area contributed by atoms with E-state index in [4.69, 9.17) is 10.5 Å². The number of hydrogen-bond acceptors (Lipinski definition) is 3. The molecule has 2 rings (SSSR count). The van der Waals surface area contributed by atoms with Crippen molar-refractivity contribution < 1.29 is 9.53 Å². The molecule has 1 aromatic rings. The van der Waals surface area contributed by atoms with Crippen molar-refractivity contribution in [2.24, 2.45) is 5.73 Å². The Balaban J connectivity index is 0.000000980. The maximum Gasteiger partial charge on any atom is 0.168 e. The Morgan fingerprint density at radius 3 is 2.86 bits per heavy atom. The normalized spacial score (nSPS) is 18.7. The van der Waals surface area contributed by atoms with E-state index in [-0.39, 0.29) is 24.2 Å². The van der Waals surface area contributed by atoms with Crippen LogP contribution in [0.2, 0.25) is 0 Å². The van der Waals surface area contributed by atoms with E-state index in [0.717, 1.165) is 5.56 Å². The zero-order valence-corrected chi connectivity index (χ0v) is 8.64. The molecule has 0 aromatic heterocycles. The standard InChI is InChI=1S/C10H11NO2.ClH/c1-13-9-4-2-3-6-7(11)5-8(12)10(6)9;/h2-4,7H,5,11H2,1H3;1H/t7-;/m0./s1. The molecule has 0 saturated heterocycles. The quantitative estimate of drug-likeness (QED) is 0.773. The van der Waals surface area contributed by atoms with Gasteiger partial charge in [-0.2, -0.15) is 0 Å². The number of carbonyl (C=O) groups excluding carboxylic acids is 1. The Kier molecular flexibility index (Phi) is 3.13. The van der Waals surface area contributed by atoms with Crippen LogP contribution in [0, 0.1) is 0 Å².